The second-order valence-corrected chi connectivity index (χ2v) is 4.75. The summed E-state index contributed by atoms with van der Waals surface area (Å²) in [5.74, 6) is 0. The van der Waals surface area contributed by atoms with Crippen LogP contribution in [0, 0.1) is 0 Å². The third-order valence-corrected chi connectivity index (χ3v) is 2.98. The van der Waals surface area contributed by atoms with Crippen LogP contribution in [0.2, 0.25) is 0 Å². The molecular formula is C14H21N3. The van der Waals surface area contributed by atoms with Crippen LogP contribution in [0.5, 0.6) is 0 Å². The SMILES string of the molecule is CC(C)NCc1cnccc1N1CC=CCC1. The molecule has 0 aromatic carbocycles. The minimum atomic E-state index is 0.504. The number of hydrogen-bond donors (Lipinski definition) is 1. The van der Waals surface area contributed by atoms with Crippen molar-refractivity contribution in [1.82, 2.24) is 10.3 Å². The predicted molar refractivity (Wildman–Crippen MR) is 72.2 cm³/mol. The second kappa shape index (κ2) is 5.82. The van der Waals surface area contributed by atoms with Gasteiger partial charge in [-0.15, -0.1) is 0 Å². The number of hydrogen-bond acceptors (Lipinski definition) is 3. The molecule has 1 N–H and O–H groups in total. The maximum Gasteiger partial charge on any atom is 0.0445 e. The standard InChI is InChI=1S/C14H21N3/c1-12(2)16-11-13-10-15-7-6-14(13)17-8-4-3-5-9-17/h3-4,6-7,10,12,16H,5,8-9,11H2,1-2H3. The van der Waals surface area contributed by atoms with E-state index in [1.165, 1.54) is 11.3 Å². The first-order valence-corrected chi connectivity index (χ1v) is 6.33. The molecule has 0 fully saturated rings. The van der Waals surface area contributed by atoms with E-state index < -0.39 is 0 Å². The summed E-state index contributed by atoms with van der Waals surface area (Å²) < 4.78 is 0. The first-order chi connectivity index (χ1) is 8.27. The molecule has 0 saturated heterocycles. The molecule has 3 nitrogen and oxygen atoms in total. The minimum Gasteiger partial charge on any atom is -0.367 e. The lowest BCUT2D eigenvalue weighted by molar-refractivity contribution is 0.587. The molecule has 0 bridgehead atoms. The summed E-state index contributed by atoms with van der Waals surface area (Å²) in [6, 6.07) is 2.63. The Kier molecular flexibility index (Phi) is 4.15. The second-order valence-electron chi connectivity index (χ2n) is 4.75. The van der Waals surface area contributed by atoms with Crippen molar-refractivity contribution >= 4 is 5.69 Å². The highest BCUT2D eigenvalue weighted by Crippen LogP contribution is 2.21. The van der Waals surface area contributed by atoms with E-state index in [1.807, 2.05) is 12.4 Å². The maximum atomic E-state index is 4.23. The van der Waals surface area contributed by atoms with Crippen molar-refractivity contribution in [1.29, 1.82) is 0 Å². The van der Waals surface area contributed by atoms with Crippen molar-refractivity contribution in [3.05, 3.63) is 36.2 Å². The fourth-order valence-corrected chi connectivity index (χ4v) is 2.04. The van der Waals surface area contributed by atoms with Crippen LogP contribution in [-0.2, 0) is 6.54 Å². The summed E-state index contributed by atoms with van der Waals surface area (Å²) in [5, 5.41) is 3.46. The molecule has 1 aliphatic heterocycles. The van der Waals surface area contributed by atoms with Crippen LogP contribution in [0.1, 0.15) is 25.8 Å². The van der Waals surface area contributed by atoms with Gasteiger partial charge in [0.25, 0.3) is 0 Å². The predicted octanol–water partition coefficient (Wildman–Crippen LogP) is 2.35. The van der Waals surface area contributed by atoms with Crippen LogP contribution < -0.4 is 10.2 Å². The third-order valence-electron chi connectivity index (χ3n) is 2.98. The lowest BCUT2D eigenvalue weighted by atomic mass is 10.1. The Hall–Kier alpha value is -1.35. The van der Waals surface area contributed by atoms with Crippen LogP contribution in [0.4, 0.5) is 5.69 Å². The third kappa shape index (κ3) is 3.30. The summed E-state index contributed by atoms with van der Waals surface area (Å²) in [6.07, 6.45) is 9.49. The summed E-state index contributed by atoms with van der Waals surface area (Å²) in [6.45, 7) is 7.34. The smallest absolute Gasteiger partial charge is 0.0445 e. The van der Waals surface area contributed by atoms with Gasteiger partial charge in [0.1, 0.15) is 0 Å². The normalized spacial score (nSPS) is 15.6. The zero-order valence-corrected chi connectivity index (χ0v) is 10.7. The number of anilines is 1. The summed E-state index contributed by atoms with van der Waals surface area (Å²) in [5.41, 5.74) is 2.61. The number of rotatable bonds is 4. The van der Waals surface area contributed by atoms with E-state index in [2.05, 4.69) is 47.3 Å². The van der Waals surface area contributed by atoms with Gasteiger partial charge in [-0.1, -0.05) is 26.0 Å². The molecule has 0 radical (unpaired) electrons. The van der Waals surface area contributed by atoms with Gasteiger partial charge in [-0.3, -0.25) is 4.98 Å². The lowest BCUT2D eigenvalue weighted by Gasteiger charge is -2.27. The molecule has 1 aromatic heterocycles. The Balaban J connectivity index is 2.12. The van der Waals surface area contributed by atoms with E-state index >= 15 is 0 Å². The Morgan fingerprint density at radius 1 is 1.41 bits per heavy atom. The average molecular weight is 231 g/mol. The van der Waals surface area contributed by atoms with Gasteiger partial charge in [0.05, 0.1) is 0 Å². The highest BCUT2D eigenvalue weighted by molar-refractivity contribution is 5.53. The first-order valence-electron chi connectivity index (χ1n) is 6.33. The van der Waals surface area contributed by atoms with E-state index in [-0.39, 0.29) is 0 Å². The molecule has 0 aliphatic carbocycles. The summed E-state index contributed by atoms with van der Waals surface area (Å²) in [7, 11) is 0. The van der Waals surface area contributed by atoms with Gasteiger partial charge >= 0.3 is 0 Å². The largest absolute Gasteiger partial charge is 0.367 e. The first kappa shape index (κ1) is 12.1. The fraction of sp³-hybridized carbons (Fsp3) is 0.500. The van der Waals surface area contributed by atoms with E-state index in [4.69, 9.17) is 0 Å². The van der Waals surface area contributed by atoms with Crippen LogP contribution in [-0.4, -0.2) is 24.1 Å². The van der Waals surface area contributed by atoms with E-state index in [0.717, 1.165) is 26.1 Å². The Bertz CT molecular complexity index is 385. The molecule has 0 spiro atoms. The maximum absolute atomic E-state index is 4.23. The van der Waals surface area contributed by atoms with Gasteiger partial charge in [-0.05, 0) is 12.5 Å². The quantitative estimate of drug-likeness (QED) is 0.806. The molecule has 1 aromatic rings. The number of pyridine rings is 1. The highest BCUT2D eigenvalue weighted by Gasteiger charge is 2.11. The van der Waals surface area contributed by atoms with Crippen LogP contribution in [0.15, 0.2) is 30.6 Å². The molecule has 0 saturated carbocycles. The molecule has 2 rings (SSSR count). The fourth-order valence-electron chi connectivity index (χ4n) is 2.04. The monoisotopic (exact) mass is 231 g/mol. The van der Waals surface area contributed by atoms with Crippen molar-refractivity contribution in [3.8, 4) is 0 Å². The Labute approximate surface area is 104 Å². The van der Waals surface area contributed by atoms with Crippen molar-refractivity contribution in [2.75, 3.05) is 18.0 Å². The summed E-state index contributed by atoms with van der Waals surface area (Å²) in [4.78, 5) is 6.65. The number of nitrogens with zero attached hydrogens (tertiary/aromatic N) is 2. The molecule has 3 heteroatoms. The zero-order chi connectivity index (χ0) is 12.1. The number of aromatic nitrogens is 1. The van der Waals surface area contributed by atoms with Gasteiger partial charge in [-0.25, -0.2) is 0 Å². The minimum absolute atomic E-state index is 0.504. The van der Waals surface area contributed by atoms with E-state index in [1.54, 1.807) is 0 Å². The van der Waals surface area contributed by atoms with E-state index in [9.17, 15) is 0 Å². The molecule has 1 aliphatic rings. The van der Waals surface area contributed by atoms with Crippen molar-refractivity contribution in [2.24, 2.45) is 0 Å². The van der Waals surface area contributed by atoms with Gasteiger partial charge in [0, 0.05) is 49.3 Å². The average Bonchev–Trinajstić information content (AvgIpc) is 2.38. The van der Waals surface area contributed by atoms with Gasteiger partial charge in [-0.2, -0.15) is 0 Å². The van der Waals surface area contributed by atoms with Gasteiger partial charge in [0.15, 0.2) is 0 Å². The van der Waals surface area contributed by atoms with Gasteiger partial charge in [0.2, 0.25) is 0 Å². The van der Waals surface area contributed by atoms with Crippen molar-refractivity contribution in [3.63, 3.8) is 0 Å². The lowest BCUT2D eigenvalue weighted by Crippen LogP contribution is -2.29. The van der Waals surface area contributed by atoms with Crippen LogP contribution >= 0.6 is 0 Å². The molecular weight excluding hydrogens is 210 g/mol. The highest BCUT2D eigenvalue weighted by atomic mass is 15.1. The molecule has 92 valence electrons. The van der Waals surface area contributed by atoms with Gasteiger partial charge < -0.3 is 10.2 Å². The van der Waals surface area contributed by atoms with Crippen LogP contribution in [0.25, 0.3) is 0 Å². The topological polar surface area (TPSA) is 28.2 Å². The molecule has 0 unspecified atom stereocenters. The Morgan fingerprint density at radius 3 is 3.00 bits per heavy atom. The zero-order valence-electron chi connectivity index (χ0n) is 10.7. The molecule has 0 amide bonds. The molecule has 2 heterocycles. The molecule has 17 heavy (non-hydrogen) atoms. The van der Waals surface area contributed by atoms with E-state index in [0.29, 0.717) is 6.04 Å². The Morgan fingerprint density at radius 2 is 2.29 bits per heavy atom. The number of nitrogens with one attached hydrogen (secondary N) is 1. The van der Waals surface area contributed by atoms with Crippen molar-refractivity contribution in [2.45, 2.75) is 32.9 Å². The van der Waals surface area contributed by atoms with Crippen molar-refractivity contribution < 1.29 is 0 Å². The molecule has 0 atom stereocenters. The summed E-state index contributed by atoms with van der Waals surface area (Å²) >= 11 is 0. The van der Waals surface area contributed by atoms with Crippen LogP contribution in [0.3, 0.4) is 0 Å².